The lowest BCUT2D eigenvalue weighted by atomic mass is 9.60. The Morgan fingerprint density at radius 3 is 2.21 bits per heavy atom. The summed E-state index contributed by atoms with van der Waals surface area (Å²) in [5.41, 5.74) is 0.322. The molecule has 5 unspecified atom stereocenters. The van der Waals surface area contributed by atoms with Crippen molar-refractivity contribution < 1.29 is 5.11 Å². The minimum absolute atomic E-state index is 0.0370. The second-order valence-corrected chi connectivity index (χ2v) is 7.65. The van der Waals surface area contributed by atoms with Crippen molar-refractivity contribution >= 4 is 0 Å². The van der Waals surface area contributed by atoms with Gasteiger partial charge in [-0.05, 0) is 61.2 Å². The summed E-state index contributed by atoms with van der Waals surface area (Å²) >= 11 is 0. The molecule has 1 heteroatoms. The molecule has 0 aromatic rings. The molecule has 3 aliphatic carbocycles. The van der Waals surface area contributed by atoms with Gasteiger partial charge in [0.15, 0.2) is 0 Å². The van der Waals surface area contributed by atoms with E-state index in [0.717, 1.165) is 17.8 Å². The molecule has 2 bridgehead atoms. The van der Waals surface area contributed by atoms with Crippen molar-refractivity contribution in [1.82, 2.24) is 0 Å². The summed E-state index contributed by atoms with van der Waals surface area (Å²) in [7, 11) is 0. The zero-order valence-electron chi connectivity index (χ0n) is 12.9. The van der Waals surface area contributed by atoms with E-state index in [1.165, 1.54) is 64.2 Å². The third kappa shape index (κ3) is 1.99. The van der Waals surface area contributed by atoms with Crippen LogP contribution in [0, 0.1) is 29.1 Å². The van der Waals surface area contributed by atoms with Crippen LogP contribution >= 0.6 is 0 Å². The van der Waals surface area contributed by atoms with Crippen LogP contribution in [-0.2, 0) is 0 Å². The summed E-state index contributed by atoms with van der Waals surface area (Å²) in [5.74, 6) is 3.43. The second-order valence-electron chi connectivity index (χ2n) is 7.65. The fraction of sp³-hybridized carbons (Fsp3) is 1.00. The molecule has 1 N–H and O–H groups in total. The lowest BCUT2D eigenvalue weighted by Gasteiger charge is -2.47. The highest BCUT2D eigenvalue weighted by atomic mass is 16.3. The maximum atomic E-state index is 11.0. The first-order chi connectivity index (χ1) is 9.24. The van der Waals surface area contributed by atoms with Crippen LogP contribution in [0.3, 0.4) is 0 Å². The highest BCUT2D eigenvalue weighted by Gasteiger charge is 2.64. The molecule has 0 saturated heterocycles. The Labute approximate surface area is 119 Å². The predicted octanol–water partition coefficient (Wildman–Crippen LogP) is 4.78. The zero-order chi connectivity index (χ0) is 13.5. The lowest BCUT2D eigenvalue weighted by molar-refractivity contribution is -0.0720. The van der Waals surface area contributed by atoms with Gasteiger partial charge in [-0.2, -0.15) is 0 Å². The Kier molecular flexibility index (Phi) is 3.95. The van der Waals surface area contributed by atoms with E-state index in [-0.39, 0.29) is 6.10 Å². The maximum absolute atomic E-state index is 11.0. The molecule has 3 saturated carbocycles. The van der Waals surface area contributed by atoms with Gasteiger partial charge in [-0.1, -0.05) is 46.0 Å². The summed E-state index contributed by atoms with van der Waals surface area (Å²) in [6.07, 6.45) is 13.5. The fourth-order valence-corrected chi connectivity index (χ4v) is 6.16. The van der Waals surface area contributed by atoms with Gasteiger partial charge >= 0.3 is 0 Å². The third-order valence-electron chi connectivity index (χ3n) is 6.94. The minimum atomic E-state index is 0.0370. The largest absolute Gasteiger partial charge is 0.392 e. The van der Waals surface area contributed by atoms with Crippen LogP contribution in [0.5, 0.6) is 0 Å². The Balaban J connectivity index is 1.82. The first-order valence-corrected chi connectivity index (χ1v) is 8.92. The lowest BCUT2D eigenvalue weighted by Crippen LogP contribution is -2.46. The van der Waals surface area contributed by atoms with Crippen LogP contribution in [-0.4, -0.2) is 11.2 Å². The summed E-state index contributed by atoms with van der Waals surface area (Å²) in [6, 6.07) is 0. The molecule has 0 aliphatic heterocycles. The van der Waals surface area contributed by atoms with Gasteiger partial charge in [-0.3, -0.25) is 0 Å². The topological polar surface area (TPSA) is 20.2 Å². The SMILES string of the molecule is CCCCC1(CCCC)C(O)C2CC1C1CCCC21. The van der Waals surface area contributed by atoms with Crippen LogP contribution in [0.25, 0.3) is 0 Å². The second kappa shape index (κ2) is 5.39. The molecule has 3 fully saturated rings. The van der Waals surface area contributed by atoms with E-state index < -0.39 is 0 Å². The summed E-state index contributed by atoms with van der Waals surface area (Å²) in [4.78, 5) is 0. The number of aliphatic hydroxyl groups is 1. The van der Waals surface area contributed by atoms with Crippen LogP contribution in [0.2, 0.25) is 0 Å². The molecule has 0 aromatic heterocycles. The molecule has 110 valence electrons. The van der Waals surface area contributed by atoms with E-state index >= 15 is 0 Å². The normalized spacial score (nSPS) is 42.8. The van der Waals surface area contributed by atoms with E-state index in [1.54, 1.807) is 0 Å². The Morgan fingerprint density at radius 2 is 1.58 bits per heavy atom. The number of rotatable bonds is 6. The molecule has 1 nitrogen and oxygen atoms in total. The maximum Gasteiger partial charge on any atom is 0.0630 e. The Hall–Kier alpha value is -0.0400. The van der Waals surface area contributed by atoms with E-state index in [1.807, 2.05) is 0 Å². The molecule has 19 heavy (non-hydrogen) atoms. The molecule has 0 aromatic carbocycles. The van der Waals surface area contributed by atoms with Crippen molar-refractivity contribution in [3.8, 4) is 0 Å². The van der Waals surface area contributed by atoms with Crippen molar-refractivity contribution in [2.24, 2.45) is 29.1 Å². The van der Waals surface area contributed by atoms with Gasteiger partial charge in [0.25, 0.3) is 0 Å². The molecule has 3 aliphatic rings. The van der Waals surface area contributed by atoms with Crippen LogP contribution < -0.4 is 0 Å². The Morgan fingerprint density at radius 1 is 0.947 bits per heavy atom. The third-order valence-corrected chi connectivity index (χ3v) is 6.94. The molecule has 0 amide bonds. The fourth-order valence-electron chi connectivity index (χ4n) is 6.16. The van der Waals surface area contributed by atoms with E-state index in [4.69, 9.17) is 0 Å². The van der Waals surface area contributed by atoms with Crippen LogP contribution in [0.15, 0.2) is 0 Å². The number of unbranched alkanes of at least 4 members (excludes halogenated alkanes) is 2. The van der Waals surface area contributed by atoms with Gasteiger partial charge in [0.1, 0.15) is 0 Å². The quantitative estimate of drug-likeness (QED) is 0.732. The number of aliphatic hydroxyl groups excluding tert-OH is 1. The standard InChI is InChI=1S/C18H32O/c1-3-5-10-18(11-6-4-2)16-12-15(17(18)19)13-8-7-9-14(13)16/h13-17,19H,3-12H2,1-2H3. The molecule has 5 atom stereocenters. The smallest absolute Gasteiger partial charge is 0.0630 e. The van der Waals surface area contributed by atoms with Gasteiger partial charge in [0.2, 0.25) is 0 Å². The van der Waals surface area contributed by atoms with Crippen molar-refractivity contribution in [1.29, 1.82) is 0 Å². The summed E-state index contributed by atoms with van der Waals surface area (Å²) < 4.78 is 0. The molecule has 0 spiro atoms. The predicted molar refractivity (Wildman–Crippen MR) is 79.9 cm³/mol. The van der Waals surface area contributed by atoms with E-state index in [0.29, 0.717) is 11.3 Å². The molecule has 0 heterocycles. The van der Waals surface area contributed by atoms with Gasteiger partial charge in [-0.25, -0.2) is 0 Å². The zero-order valence-corrected chi connectivity index (χ0v) is 12.9. The highest BCUT2D eigenvalue weighted by molar-refractivity contribution is 5.13. The molecular weight excluding hydrogens is 232 g/mol. The molecule has 0 radical (unpaired) electrons. The number of hydrogen-bond donors (Lipinski definition) is 1. The van der Waals surface area contributed by atoms with Crippen molar-refractivity contribution in [2.45, 2.75) is 84.2 Å². The van der Waals surface area contributed by atoms with E-state index in [9.17, 15) is 5.11 Å². The van der Waals surface area contributed by atoms with Crippen LogP contribution in [0.1, 0.15) is 78.1 Å². The average molecular weight is 264 g/mol. The van der Waals surface area contributed by atoms with Crippen molar-refractivity contribution in [3.05, 3.63) is 0 Å². The highest BCUT2D eigenvalue weighted by Crippen LogP contribution is 2.68. The average Bonchev–Trinajstić information content (AvgIpc) is 3.06. The number of hydrogen-bond acceptors (Lipinski definition) is 1. The van der Waals surface area contributed by atoms with E-state index in [2.05, 4.69) is 13.8 Å². The Bertz CT molecular complexity index is 303. The first-order valence-electron chi connectivity index (χ1n) is 8.92. The van der Waals surface area contributed by atoms with Gasteiger partial charge in [-0.15, -0.1) is 0 Å². The summed E-state index contributed by atoms with van der Waals surface area (Å²) in [5, 5.41) is 11.0. The van der Waals surface area contributed by atoms with Gasteiger partial charge in [0, 0.05) is 0 Å². The minimum Gasteiger partial charge on any atom is -0.392 e. The first kappa shape index (κ1) is 13.9. The number of fused-ring (bicyclic) bond motifs is 5. The van der Waals surface area contributed by atoms with Crippen molar-refractivity contribution in [2.75, 3.05) is 0 Å². The van der Waals surface area contributed by atoms with Crippen LogP contribution in [0.4, 0.5) is 0 Å². The molecule has 3 rings (SSSR count). The van der Waals surface area contributed by atoms with Gasteiger partial charge < -0.3 is 5.11 Å². The summed E-state index contributed by atoms with van der Waals surface area (Å²) in [6.45, 7) is 4.59. The van der Waals surface area contributed by atoms with Gasteiger partial charge in [0.05, 0.1) is 6.10 Å². The monoisotopic (exact) mass is 264 g/mol. The van der Waals surface area contributed by atoms with Crippen molar-refractivity contribution in [3.63, 3.8) is 0 Å². The molecular formula is C18H32O.